The molecule has 200 valence electrons. The van der Waals surface area contributed by atoms with E-state index in [4.69, 9.17) is 40.0 Å². The normalized spacial score (nSPS) is 10.9. The van der Waals surface area contributed by atoms with Crippen LogP contribution in [0.3, 0.4) is 0 Å². The predicted molar refractivity (Wildman–Crippen MR) is 150 cm³/mol. The highest BCUT2D eigenvalue weighted by Crippen LogP contribution is 2.41. The number of carbonyl (C=O) groups is 1. The van der Waals surface area contributed by atoms with Crippen LogP contribution < -0.4 is 33.7 Å². The van der Waals surface area contributed by atoms with Crippen LogP contribution in [0, 0.1) is 0 Å². The molecule has 0 amide bonds. The molecule has 0 heterocycles. The number of halogens is 1. The van der Waals surface area contributed by atoms with Crippen LogP contribution in [-0.4, -0.2) is 48.4 Å². The first kappa shape index (κ1) is 28.3. The van der Waals surface area contributed by atoms with Crippen molar-refractivity contribution in [3.05, 3.63) is 76.5 Å². The number of hydrogen-bond donors (Lipinski definition) is 1. The molecule has 0 aliphatic carbocycles. The van der Waals surface area contributed by atoms with Gasteiger partial charge in [-0.15, -0.1) is 0 Å². The molecular weight excluding hydrogens is 510 g/mol. The number of anilines is 1. The van der Waals surface area contributed by atoms with Gasteiger partial charge in [0.15, 0.2) is 28.8 Å². The first-order chi connectivity index (χ1) is 18.4. The maximum absolute atomic E-state index is 12.7. The number of ketones is 1. The van der Waals surface area contributed by atoms with Crippen molar-refractivity contribution < 1.29 is 33.2 Å². The van der Waals surface area contributed by atoms with Crippen molar-refractivity contribution in [2.75, 3.05) is 48.0 Å². The first-order valence-corrected chi connectivity index (χ1v) is 11.8. The molecule has 0 radical (unpaired) electrons. The van der Waals surface area contributed by atoms with Gasteiger partial charge in [0.25, 0.3) is 0 Å². The van der Waals surface area contributed by atoms with E-state index in [-0.39, 0.29) is 5.78 Å². The molecule has 0 aromatic heterocycles. The molecular formula is C29H30ClNO7. The molecule has 8 nitrogen and oxygen atoms in total. The topological polar surface area (TPSA) is 84.5 Å². The highest BCUT2D eigenvalue weighted by molar-refractivity contribution is 6.32. The Morgan fingerprint density at radius 3 is 1.87 bits per heavy atom. The van der Waals surface area contributed by atoms with Crippen LogP contribution in [0.4, 0.5) is 5.69 Å². The smallest absolute Gasteiger partial charge is 0.203 e. The van der Waals surface area contributed by atoms with Crippen LogP contribution >= 0.6 is 11.6 Å². The van der Waals surface area contributed by atoms with E-state index in [2.05, 4.69) is 5.32 Å². The summed E-state index contributed by atoms with van der Waals surface area (Å²) >= 11 is 6.16. The molecule has 0 spiro atoms. The second kappa shape index (κ2) is 13.3. The van der Waals surface area contributed by atoms with Gasteiger partial charge in [-0.25, -0.2) is 0 Å². The van der Waals surface area contributed by atoms with Crippen molar-refractivity contribution in [2.45, 2.75) is 0 Å². The van der Waals surface area contributed by atoms with E-state index in [1.165, 1.54) is 19.4 Å². The molecule has 3 aromatic carbocycles. The fourth-order valence-corrected chi connectivity index (χ4v) is 3.99. The van der Waals surface area contributed by atoms with E-state index >= 15 is 0 Å². The minimum absolute atomic E-state index is 0.238. The van der Waals surface area contributed by atoms with Crippen LogP contribution in [0.2, 0.25) is 5.02 Å². The van der Waals surface area contributed by atoms with E-state index in [9.17, 15) is 4.79 Å². The summed E-state index contributed by atoms with van der Waals surface area (Å²) in [5.41, 5.74) is 2.63. The third-order valence-electron chi connectivity index (χ3n) is 5.62. The zero-order valence-electron chi connectivity index (χ0n) is 22.1. The molecule has 1 N–H and O–H groups in total. The summed E-state index contributed by atoms with van der Waals surface area (Å²) in [4.78, 5) is 12.7. The molecule has 0 unspecified atom stereocenters. The lowest BCUT2D eigenvalue weighted by molar-refractivity contribution is 0.104. The predicted octanol–water partition coefficient (Wildman–Crippen LogP) is 6.37. The molecule has 0 aliphatic rings. The number of carbonyl (C=O) groups excluding carboxylic acids is 1. The highest BCUT2D eigenvalue weighted by Gasteiger charge is 2.15. The minimum atomic E-state index is -0.238. The largest absolute Gasteiger partial charge is 0.495 e. The van der Waals surface area contributed by atoms with Crippen molar-refractivity contribution >= 4 is 35.2 Å². The number of allylic oxidation sites excluding steroid dienone is 1. The van der Waals surface area contributed by atoms with Crippen LogP contribution in [0.5, 0.6) is 34.5 Å². The Morgan fingerprint density at radius 1 is 0.711 bits per heavy atom. The van der Waals surface area contributed by atoms with Crippen LogP contribution in [0.25, 0.3) is 12.2 Å². The molecule has 0 saturated carbocycles. The summed E-state index contributed by atoms with van der Waals surface area (Å²) < 4.78 is 32.5. The summed E-state index contributed by atoms with van der Waals surface area (Å²) in [6, 6.07) is 12.2. The Hall–Kier alpha value is -4.30. The van der Waals surface area contributed by atoms with Gasteiger partial charge in [0.2, 0.25) is 5.75 Å². The van der Waals surface area contributed by atoms with Gasteiger partial charge in [-0.05, 0) is 48.0 Å². The highest BCUT2D eigenvalue weighted by atomic mass is 35.5. The Morgan fingerprint density at radius 2 is 1.32 bits per heavy atom. The third-order valence-corrected chi connectivity index (χ3v) is 5.91. The quantitative estimate of drug-likeness (QED) is 0.161. The number of nitrogens with one attached hydrogen (secondary N) is 1. The van der Waals surface area contributed by atoms with Crippen molar-refractivity contribution in [2.24, 2.45) is 0 Å². The SMILES string of the molecule is COc1ccc(C(=O)C=CNc2c(C=Cc3cc(OC)c(OC)c(OC)c3)ccc(OC)c2OC)cc1Cl. The Kier molecular flexibility index (Phi) is 9.90. The number of hydrogen-bond acceptors (Lipinski definition) is 8. The molecule has 0 saturated heterocycles. The lowest BCUT2D eigenvalue weighted by Gasteiger charge is -2.15. The standard InChI is InChI=1S/C29H30ClNO7/c1-33-23-11-10-20(17-21(23)30)22(32)13-14-31-27-19(9-12-24(34-2)29(27)38-6)8-7-18-15-25(35-3)28(37-5)26(16-18)36-4/h7-17,31H,1-6H3. The summed E-state index contributed by atoms with van der Waals surface area (Å²) in [6.07, 6.45) is 6.73. The van der Waals surface area contributed by atoms with E-state index < -0.39 is 0 Å². The second-order valence-electron chi connectivity index (χ2n) is 7.75. The van der Waals surface area contributed by atoms with E-state index in [1.54, 1.807) is 59.8 Å². The summed E-state index contributed by atoms with van der Waals surface area (Å²) in [5, 5.41) is 3.52. The zero-order valence-corrected chi connectivity index (χ0v) is 22.8. The maximum atomic E-state index is 12.7. The zero-order chi connectivity index (χ0) is 27.7. The van der Waals surface area contributed by atoms with Crippen LogP contribution in [0.1, 0.15) is 21.5 Å². The molecule has 0 atom stereocenters. The lowest BCUT2D eigenvalue weighted by Crippen LogP contribution is -2.01. The first-order valence-electron chi connectivity index (χ1n) is 11.4. The Labute approximate surface area is 227 Å². The number of rotatable bonds is 12. The van der Waals surface area contributed by atoms with Crippen molar-refractivity contribution in [1.82, 2.24) is 0 Å². The van der Waals surface area contributed by atoms with Crippen molar-refractivity contribution in [3.63, 3.8) is 0 Å². The molecule has 9 heteroatoms. The monoisotopic (exact) mass is 539 g/mol. The maximum Gasteiger partial charge on any atom is 0.203 e. The van der Waals surface area contributed by atoms with Crippen LogP contribution in [-0.2, 0) is 0 Å². The van der Waals surface area contributed by atoms with E-state index in [0.29, 0.717) is 50.8 Å². The molecule has 38 heavy (non-hydrogen) atoms. The van der Waals surface area contributed by atoms with Gasteiger partial charge in [-0.2, -0.15) is 0 Å². The van der Waals surface area contributed by atoms with Gasteiger partial charge < -0.3 is 33.7 Å². The minimum Gasteiger partial charge on any atom is -0.495 e. The van der Waals surface area contributed by atoms with E-state index in [1.807, 2.05) is 30.4 Å². The Balaban J connectivity index is 1.94. The second-order valence-corrected chi connectivity index (χ2v) is 8.16. The van der Waals surface area contributed by atoms with Gasteiger partial charge in [-0.3, -0.25) is 4.79 Å². The molecule has 0 fully saturated rings. The van der Waals surface area contributed by atoms with Crippen molar-refractivity contribution in [1.29, 1.82) is 0 Å². The molecule has 0 aliphatic heterocycles. The van der Waals surface area contributed by atoms with E-state index in [0.717, 1.165) is 11.1 Å². The number of methoxy groups -OCH3 is 6. The number of ether oxygens (including phenoxy) is 6. The summed E-state index contributed by atoms with van der Waals surface area (Å²) in [5.74, 6) is 2.85. The van der Waals surface area contributed by atoms with Crippen LogP contribution in [0.15, 0.2) is 54.7 Å². The van der Waals surface area contributed by atoms with Gasteiger partial charge in [-0.1, -0.05) is 23.8 Å². The fraction of sp³-hybridized carbons (Fsp3) is 0.207. The summed E-state index contributed by atoms with van der Waals surface area (Å²) in [6.45, 7) is 0. The molecule has 0 bridgehead atoms. The van der Waals surface area contributed by atoms with Gasteiger partial charge >= 0.3 is 0 Å². The average Bonchev–Trinajstić information content (AvgIpc) is 2.95. The Bertz CT molecular complexity index is 1330. The third kappa shape index (κ3) is 6.33. The molecule has 3 aromatic rings. The molecule has 3 rings (SSSR count). The van der Waals surface area contributed by atoms with Gasteiger partial charge in [0, 0.05) is 23.4 Å². The van der Waals surface area contributed by atoms with Gasteiger partial charge in [0.05, 0.1) is 53.4 Å². The summed E-state index contributed by atoms with van der Waals surface area (Å²) in [7, 11) is 9.30. The fourth-order valence-electron chi connectivity index (χ4n) is 3.73. The van der Waals surface area contributed by atoms with Crippen molar-refractivity contribution in [3.8, 4) is 34.5 Å². The van der Waals surface area contributed by atoms with Gasteiger partial charge in [0.1, 0.15) is 5.75 Å². The average molecular weight is 540 g/mol. The lowest BCUT2D eigenvalue weighted by atomic mass is 10.1. The number of benzene rings is 3.